The molecule has 1 atom stereocenters. The predicted molar refractivity (Wildman–Crippen MR) is 53.7 cm³/mol. The summed E-state index contributed by atoms with van der Waals surface area (Å²) in [5, 5.41) is 13.4. The fraction of sp³-hybridized carbons (Fsp3) is 1.00. The maximum absolute atomic E-state index is 12.1. The second-order valence-corrected chi connectivity index (χ2v) is 6.13. The Morgan fingerprint density at radius 2 is 1.54 bits per heavy atom. The van der Waals surface area contributed by atoms with Gasteiger partial charge in [0.05, 0.1) is 5.54 Å². The monoisotopic (exact) mass is 184 g/mol. The molecule has 1 heterocycles. The van der Waals surface area contributed by atoms with Gasteiger partial charge in [0.15, 0.2) is 0 Å². The van der Waals surface area contributed by atoms with Crippen LogP contribution in [0.4, 0.5) is 0 Å². The van der Waals surface area contributed by atoms with Gasteiger partial charge in [0.1, 0.15) is 0 Å². The zero-order chi connectivity index (χ0) is 10.5. The third-order valence-electron chi connectivity index (χ3n) is 3.84. The molecule has 1 aliphatic heterocycles. The van der Waals surface area contributed by atoms with Gasteiger partial charge in [-0.25, -0.2) is 0 Å². The lowest BCUT2D eigenvalue weighted by molar-refractivity contribution is -0.270. The lowest BCUT2D eigenvalue weighted by Crippen LogP contribution is -2.53. The van der Waals surface area contributed by atoms with Crippen molar-refractivity contribution in [2.24, 2.45) is 5.41 Å². The Morgan fingerprint density at radius 1 is 1.08 bits per heavy atom. The zero-order valence-corrected chi connectivity index (χ0v) is 9.77. The van der Waals surface area contributed by atoms with Crippen molar-refractivity contribution < 1.29 is 5.21 Å². The van der Waals surface area contributed by atoms with E-state index in [1.54, 1.807) is 0 Å². The van der Waals surface area contributed by atoms with Crippen molar-refractivity contribution in [3.8, 4) is 0 Å². The van der Waals surface area contributed by atoms with Crippen molar-refractivity contribution in [1.29, 1.82) is 0 Å². The van der Waals surface area contributed by atoms with Crippen molar-refractivity contribution >= 4 is 0 Å². The van der Waals surface area contributed by atoms with Gasteiger partial charge < -0.3 is 0 Å². The van der Waals surface area contributed by atoms with Gasteiger partial charge in [0.25, 0.3) is 0 Å². The van der Waals surface area contributed by atoms with E-state index in [-0.39, 0.29) is 16.5 Å². The summed E-state index contributed by atoms with van der Waals surface area (Å²) >= 11 is 0. The Balaban J connectivity index is 2.97. The van der Waals surface area contributed by atoms with Crippen molar-refractivity contribution in [2.45, 2.75) is 65.5 Å². The molecule has 13 heavy (non-hydrogen) atoms. The van der Waals surface area contributed by atoms with Gasteiger partial charge in [-0.3, -0.25) is 0 Å². The molecule has 0 N–H and O–H groups in total. The van der Waals surface area contributed by atoms with Crippen LogP contribution in [0.5, 0.6) is 0 Å². The summed E-state index contributed by atoms with van der Waals surface area (Å²) in [6, 6.07) is 0. The van der Waals surface area contributed by atoms with Crippen LogP contribution in [-0.2, 0) is 5.21 Å². The summed E-state index contributed by atoms with van der Waals surface area (Å²) in [4.78, 5) is 0. The Bertz CT molecular complexity index is 205. The zero-order valence-electron chi connectivity index (χ0n) is 9.77. The molecule has 2 heteroatoms. The van der Waals surface area contributed by atoms with Gasteiger partial charge in [0, 0.05) is 5.54 Å². The molecule has 0 aromatic rings. The number of hydrogen-bond donors (Lipinski definition) is 0. The molecule has 0 aromatic carbocycles. The van der Waals surface area contributed by atoms with Crippen LogP contribution in [0.1, 0.15) is 54.4 Å². The van der Waals surface area contributed by atoms with E-state index in [9.17, 15) is 5.21 Å². The van der Waals surface area contributed by atoms with Gasteiger partial charge in [-0.2, -0.15) is 0 Å². The first-order valence-electron chi connectivity index (χ1n) is 5.09. The van der Waals surface area contributed by atoms with E-state index in [4.69, 9.17) is 0 Å². The summed E-state index contributed by atoms with van der Waals surface area (Å²) in [6.07, 6.45) is 2.01. The smallest absolute Gasteiger partial charge is 0.0520 e. The van der Waals surface area contributed by atoms with E-state index < -0.39 is 0 Å². The first-order valence-corrected chi connectivity index (χ1v) is 5.09. The summed E-state index contributed by atoms with van der Waals surface area (Å²) in [7, 11) is 0. The van der Waals surface area contributed by atoms with E-state index in [1.807, 2.05) is 13.8 Å². The molecule has 0 saturated carbocycles. The van der Waals surface area contributed by atoms with Crippen LogP contribution >= 0.6 is 0 Å². The molecular formula is C11H22NO. The molecule has 1 rings (SSSR count). The first-order chi connectivity index (χ1) is 5.61. The Labute approximate surface area is 81.9 Å². The van der Waals surface area contributed by atoms with Crippen LogP contribution in [0.25, 0.3) is 0 Å². The topological polar surface area (TPSA) is 23.1 Å². The highest BCUT2D eigenvalue weighted by Gasteiger charge is 2.54. The third kappa shape index (κ3) is 1.50. The minimum absolute atomic E-state index is 0.0581. The molecule has 1 fully saturated rings. The van der Waals surface area contributed by atoms with Crippen molar-refractivity contribution in [3.63, 3.8) is 0 Å². The third-order valence-corrected chi connectivity index (χ3v) is 3.84. The van der Waals surface area contributed by atoms with E-state index in [0.717, 1.165) is 12.8 Å². The second kappa shape index (κ2) is 2.71. The molecule has 2 nitrogen and oxygen atoms in total. The van der Waals surface area contributed by atoms with Crippen LogP contribution in [0.2, 0.25) is 0 Å². The van der Waals surface area contributed by atoms with Crippen LogP contribution in [-0.4, -0.2) is 16.1 Å². The molecular weight excluding hydrogens is 162 g/mol. The van der Waals surface area contributed by atoms with Gasteiger partial charge >= 0.3 is 0 Å². The van der Waals surface area contributed by atoms with Crippen LogP contribution in [0.3, 0.4) is 0 Å². The van der Waals surface area contributed by atoms with Gasteiger partial charge in [-0.15, -0.1) is 10.3 Å². The maximum Gasteiger partial charge on any atom is 0.0520 e. The fourth-order valence-corrected chi connectivity index (χ4v) is 2.10. The summed E-state index contributed by atoms with van der Waals surface area (Å²) < 4.78 is 0. The summed E-state index contributed by atoms with van der Waals surface area (Å²) in [5.41, 5.74) is -0.318. The van der Waals surface area contributed by atoms with E-state index in [1.165, 1.54) is 5.06 Å². The van der Waals surface area contributed by atoms with Gasteiger partial charge in [0.2, 0.25) is 0 Å². The van der Waals surface area contributed by atoms with E-state index in [0.29, 0.717) is 0 Å². The number of nitrogens with zero attached hydrogens (tertiary/aromatic N) is 1. The highest BCUT2D eigenvalue weighted by atomic mass is 16.5. The van der Waals surface area contributed by atoms with Crippen molar-refractivity contribution in [2.75, 3.05) is 0 Å². The highest BCUT2D eigenvalue weighted by molar-refractivity contribution is 5.04. The number of hydrogen-bond acceptors (Lipinski definition) is 1. The van der Waals surface area contributed by atoms with Crippen LogP contribution < -0.4 is 0 Å². The molecule has 0 aliphatic carbocycles. The Kier molecular flexibility index (Phi) is 2.29. The molecule has 1 radical (unpaired) electrons. The molecule has 0 aromatic heterocycles. The number of hydroxylamine groups is 2. The minimum atomic E-state index is -0.198. The molecule has 1 saturated heterocycles. The summed E-state index contributed by atoms with van der Waals surface area (Å²) in [6.45, 7) is 12.6. The Hall–Kier alpha value is -0.0800. The van der Waals surface area contributed by atoms with E-state index >= 15 is 0 Å². The fourth-order valence-electron chi connectivity index (χ4n) is 2.10. The van der Waals surface area contributed by atoms with Gasteiger partial charge in [-0.05, 0) is 39.0 Å². The van der Waals surface area contributed by atoms with Crippen molar-refractivity contribution in [1.82, 2.24) is 5.06 Å². The lowest BCUT2D eigenvalue weighted by atomic mass is 9.74. The normalized spacial score (nSPS) is 35.3. The summed E-state index contributed by atoms with van der Waals surface area (Å²) in [5.74, 6) is 0. The van der Waals surface area contributed by atoms with Crippen molar-refractivity contribution in [3.05, 3.63) is 0 Å². The predicted octanol–water partition coefficient (Wildman–Crippen LogP) is 3.01. The van der Waals surface area contributed by atoms with Crippen LogP contribution in [0.15, 0.2) is 0 Å². The molecule has 1 aliphatic rings. The first kappa shape index (κ1) is 11.0. The molecule has 0 amide bonds. The number of rotatable bonds is 0. The quantitative estimate of drug-likeness (QED) is 0.567. The standard InChI is InChI=1S/C11H22NO/c1-9(2,3)11(6)8-7-10(4,5)12(11)13/h7-8H2,1-6H3. The maximum atomic E-state index is 12.1. The van der Waals surface area contributed by atoms with E-state index in [2.05, 4.69) is 27.7 Å². The van der Waals surface area contributed by atoms with Crippen LogP contribution in [0, 0.1) is 5.41 Å². The largest absolute Gasteiger partial charge is 0.143 e. The Morgan fingerprint density at radius 3 is 1.69 bits per heavy atom. The molecule has 77 valence electrons. The second-order valence-electron chi connectivity index (χ2n) is 6.13. The highest BCUT2D eigenvalue weighted by Crippen LogP contribution is 2.48. The minimum Gasteiger partial charge on any atom is -0.143 e. The SMILES string of the molecule is CC1(C)CCC(C)(C(C)(C)C)N1[O]. The molecule has 1 unspecified atom stereocenters. The average Bonchev–Trinajstić information content (AvgIpc) is 2.14. The average molecular weight is 184 g/mol. The molecule has 0 bridgehead atoms. The molecule has 0 spiro atoms. The lowest BCUT2D eigenvalue weighted by Gasteiger charge is -2.44. The van der Waals surface area contributed by atoms with Gasteiger partial charge in [-0.1, -0.05) is 20.8 Å².